The van der Waals surface area contributed by atoms with Gasteiger partial charge >= 0.3 is 6.01 Å². The molecule has 0 radical (unpaired) electrons. The molecule has 1 amide bonds. The number of hydrogen-bond donors (Lipinski definition) is 1. The van der Waals surface area contributed by atoms with Crippen LogP contribution in [0.5, 0.6) is 0 Å². The number of nitrogens with zero attached hydrogens (tertiary/aromatic N) is 3. The molecule has 1 aromatic heterocycles. The van der Waals surface area contributed by atoms with Gasteiger partial charge in [0.1, 0.15) is 0 Å². The Morgan fingerprint density at radius 2 is 2.12 bits per heavy atom. The predicted molar refractivity (Wildman–Crippen MR) is 60.1 cm³/mol. The Hall–Kier alpha value is -1.59. The van der Waals surface area contributed by atoms with Crippen molar-refractivity contribution in [3.63, 3.8) is 0 Å². The molecule has 0 saturated carbocycles. The third kappa shape index (κ3) is 3.52. The molecular formula is C10H18N4O2. The van der Waals surface area contributed by atoms with Gasteiger partial charge in [-0.15, -0.1) is 0 Å². The fraction of sp³-hybridized carbons (Fsp3) is 0.700. The summed E-state index contributed by atoms with van der Waals surface area (Å²) in [4.78, 5) is 17.4. The Morgan fingerprint density at radius 1 is 1.44 bits per heavy atom. The fourth-order valence-electron chi connectivity index (χ4n) is 1.38. The second-order valence-electron chi connectivity index (χ2n) is 3.39. The first-order valence-electron chi connectivity index (χ1n) is 5.49. The van der Waals surface area contributed by atoms with E-state index in [4.69, 9.17) is 4.52 Å². The first kappa shape index (κ1) is 12.5. The summed E-state index contributed by atoms with van der Waals surface area (Å²) in [5.41, 5.74) is 0. The van der Waals surface area contributed by atoms with E-state index in [1.165, 1.54) is 0 Å². The van der Waals surface area contributed by atoms with Crippen LogP contribution in [0.15, 0.2) is 4.52 Å². The molecule has 0 fully saturated rings. The number of amides is 1. The maximum absolute atomic E-state index is 11.6. The Morgan fingerprint density at radius 3 is 2.62 bits per heavy atom. The maximum atomic E-state index is 11.6. The van der Waals surface area contributed by atoms with Gasteiger partial charge in [-0.3, -0.25) is 4.79 Å². The van der Waals surface area contributed by atoms with Gasteiger partial charge in [-0.1, -0.05) is 5.16 Å². The van der Waals surface area contributed by atoms with E-state index in [0.717, 1.165) is 13.1 Å². The minimum Gasteiger partial charge on any atom is -0.343 e. The third-order valence-electron chi connectivity index (χ3n) is 2.26. The molecule has 0 spiro atoms. The lowest BCUT2D eigenvalue weighted by Crippen LogP contribution is -2.31. The SMILES string of the molecule is CCN(CC)C(=O)CCNc1nc(C)no1. The van der Waals surface area contributed by atoms with Crippen LogP contribution >= 0.6 is 0 Å². The number of carbonyl (C=O) groups excluding carboxylic acids is 1. The molecule has 0 bridgehead atoms. The molecule has 16 heavy (non-hydrogen) atoms. The first-order valence-corrected chi connectivity index (χ1v) is 5.49. The highest BCUT2D eigenvalue weighted by Gasteiger charge is 2.09. The van der Waals surface area contributed by atoms with Crippen LogP contribution in [0.2, 0.25) is 0 Å². The summed E-state index contributed by atoms with van der Waals surface area (Å²) in [7, 11) is 0. The summed E-state index contributed by atoms with van der Waals surface area (Å²) in [5, 5.41) is 6.55. The van der Waals surface area contributed by atoms with E-state index in [0.29, 0.717) is 24.8 Å². The van der Waals surface area contributed by atoms with Gasteiger partial charge in [-0.05, 0) is 20.8 Å². The minimum atomic E-state index is 0.133. The average molecular weight is 226 g/mol. The van der Waals surface area contributed by atoms with Crippen LogP contribution in [0, 0.1) is 6.92 Å². The molecule has 6 heteroatoms. The van der Waals surface area contributed by atoms with E-state index in [-0.39, 0.29) is 5.91 Å². The zero-order valence-corrected chi connectivity index (χ0v) is 9.99. The summed E-state index contributed by atoms with van der Waals surface area (Å²) < 4.78 is 4.86. The highest BCUT2D eigenvalue weighted by Crippen LogP contribution is 2.02. The van der Waals surface area contributed by atoms with E-state index < -0.39 is 0 Å². The molecule has 1 N–H and O–H groups in total. The van der Waals surface area contributed by atoms with Gasteiger partial charge in [0.2, 0.25) is 5.91 Å². The molecular weight excluding hydrogens is 208 g/mol. The van der Waals surface area contributed by atoms with Gasteiger partial charge in [-0.2, -0.15) is 4.98 Å². The third-order valence-corrected chi connectivity index (χ3v) is 2.26. The van der Waals surface area contributed by atoms with Gasteiger partial charge in [0.15, 0.2) is 5.82 Å². The van der Waals surface area contributed by atoms with Crippen molar-refractivity contribution < 1.29 is 9.32 Å². The lowest BCUT2D eigenvalue weighted by Gasteiger charge is -2.18. The summed E-state index contributed by atoms with van der Waals surface area (Å²) in [6.45, 7) is 7.68. The van der Waals surface area contributed by atoms with Gasteiger partial charge in [0.25, 0.3) is 0 Å². The monoisotopic (exact) mass is 226 g/mol. The largest absolute Gasteiger partial charge is 0.343 e. The van der Waals surface area contributed by atoms with Crippen molar-refractivity contribution in [3.05, 3.63) is 5.82 Å². The van der Waals surface area contributed by atoms with Crippen molar-refractivity contribution in [2.45, 2.75) is 27.2 Å². The first-order chi connectivity index (χ1) is 7.67. The molecule has 0 aliphatic heterocycles. The maximum Gasteiger partial charge on any atom is 0.321 e. The normalized spacial score (nSPS) is 10.2. The smallest absolute Gasteiger partial charge is 0.321 e. The molecule has 0 atom stereocenters. The quantitative estimate of drug-likeness (QED) is 0.785. The van der Waals surface area contributed by atoms with Crippen LogP contribution in [0.25, 0.3) is 0 Å². The van der Waals surface area contributed by atoms with E-state index in [2.05, 4.69) is 15.5 Å². The fourth-order valence-corrected chi connectivity index (χ4v) is 1.38. The molecule has 0 aliphatic carbocycles. The van der Waals surface area contributed by atoms with Crippen LogP contribution in [0.4, 0.5) is 6.01 Å². The van der Waals surface area contributed by atoms with Crippen molar-refractivity contribution in [2.24, 2.45) is 0 Å². The zero-order chi connectivity index (χ0) is 12.0. The van der Waals surface area contributed by atoms with Crippen molar-refractivity contribution in [1.29, 1.82) is 0 Å². The lowest BCUT2D eigenvalue weighted by molar-refractivity contribution is -0.130. The number of rotatable bonds is 6. The number of aromatic nitrogens is 2. The van der Waals surface area contributed by atoms with Crippen LogP contribution in [-0.4, -0.2) is 40.6 Å². The van der Waals surface area contributed by atoms with Crippen molar-refractivity contribution >= 4 is 11.9 Å². The van der Waals surface area contributed by atoms with Crippen LogP contribution < -0.4 is 5.32 Å². The van der Waals surface area contributed by atoms with Gasteiger partial charge in [-0.25, -0.2) is 0 Å². The Labute approximate surface area is 95.0 Å². The molecule has 0 aliphatic rings. The summed E-state index contributed by atoms with van der Waals surface area (Å²) >= 11 is 0. The van der Waals surface area contributed by atoms with Crippen LogP contribution in [0.1, 0.15) is 26.1 Å². The molecule has 0 saturated heterocycles. The molecule has 1 heterocycles. The molecule has 0 aromatic carbocycles. The van der Waals surface area contributed by atoms with E-state index in [9.17, 15) is 4.79 Å². The van der Waals surface area contributed by atoms with Crippen molar-refractivity contribution in [3.8, 4) is 0 Å². The molecule has 1 rings (SSSR count). The molecule has 1 aromatic rings. The lowest BCUT2D eigenvalue weighted by atomic mass is 10.3. The minimum absolute atomic E-state index is 0.133. The Kier molecular flexibility index (Phi) is 4.75. The molecule has 90 valence electrons. The Balaban J connectivity index is 2.27. The second-order valence-corrected chi connectivity index (χ2v) is 3.39. The summed E-state index contributed by atoms with van der Waals surface area (Å²) in [6, 6.07) is 0.366. The van der Waals surface area contributed by atoms with E-state index in [1.807, 2.05) is 13.8 Å². The number of anilines is 1. The average Bonchev–Trinajstić information content (AvgIpc) is 2.66. The van der Waals surface area contributed by atoms with E-state index in [1.54, 1.807) is 11.8 Å². The predicted octanol–water partition coefficient (Wildman–Crippen LogP) is 1.05. The number of carbonyl (C=O) groups is 1. The number of aryl methyl sites for hydroxylation is 1. The summed E-state index contributed by atoms with van der Waals surface area (Å²) in [5.74, 6) is 0.714. The standard InChI is InChI=1S/C10H18N4O2/c1-4-14(5-2)9(15)6-7-11-10-12-8(3)13-16-10/h4-7H2,1-3H3,(H,11,12,13). The van der Waals surface area contributed by atoms with E-state index >= 15 is 0 Å². The van der Waals surface area contributed by atoms with Crippen molar-refractivity contribution in [1.82, 2.24) is 15.0 Å². The second kappa shape index (κ2) is 6.09. The number of hydrogen-bond acceptors (Lipinski definition) is 5. The Bertz CT molecular complexity index is 333. The molecule has 0 unspecified atom stereocenters. The zero-order valence-electron chi connectivity index (χ0n) is 9.99. The molecule has 6 nitrogen and oxygen atoms in total. The van der Waals surface area contributed by atoms with Gasteiger partial charge < -0.3 is 14.7 Å². The highest BCUT2D eigenvalue weighted by atomic mass is 16.5. The topological polar surface area (TPSA) is 71.3 Å². The van der Waals surface area contributed by atoms with Gasteiger partial charge in [0.05, 0.1) is 0 Å². The van der Waals surface area contributed by atoms with Gasteiger partial charge in [0, 0.05) is 26.1 Å². The summed E-state index contributed by atoms with van der Waals surface area (Å²) in [6.07, 6.45) is 0.434. The number of nitrogens with one attached hydrogen (secondary N) is 1. The van der Waals surface area contributed by atoms with Crippen LogP contribution in [0.3, 0.4) is 0 Å². The van der Waals surface area contributed by atoms with Crippen LogP contribution in [-0.2, 0) is 4.79 Å². The highest BCUT2D eigenvalue weighted by molar-refractivity contribution is 5.76. The van der Waals surface area contributed by atoms with Crippen molar-refractivity contribution in [2.75, 3.05) is 25.0 Å².